The van der Waals surface area contributed by atoms with Crippen LogP contribution < -0.4 is 10.1 Å². The summed E-state index contributed by atoms with van der Waals surface area (Å²) in [5.74, 6) is -1.69. The van der Waals surface area contributed by atoms with Crippen LogP contribution >= 0.6 is 0 Å². The lowest BCUT2D eigenvalue weighted by Gasteiger charge is -2.14. The summed E-state index contributed by atoms with van der Waals surface area (Å²) < 4.78 is 10.0. The number of nitrogens with zero attached hydrogens (tertiary/aromatic N) is 2. The third-order valence-corrected chi connectivity index (χ3v) is 3.59. The molecule has 0 radical (unpaired) electrons. The lowest BCUT2D eigenvalue weighted by atomic mass is 10.1. The maximum absolute atomic E-state index is 12.3. The van der Waals surface area contributed by atoms with E-state index in [4.69, 9.17) is 9.47 Å². The van der Waals surface area contributed by atoms with Gasteiger partial charge in [-0.25, -0.2) is 4.79 Å². The van der Waals surface area contributed by atoms with Crippen molar-refractivity contribution in [1.29, 1.82) is 0 Å². The third kappa shape index (κ3) is 4.78. The van der Waals surface area contributed by atoms with Crippen molar-refractivity contribution < 1.29 is 28.9 Å². The van der Waals surface area contributed by atoms with Gasteiger partial charge in [-0.15, -0.1) is 0 Å². The predicted molar refractivity (Wildman–Crippen MR) is 96.3 cm³/mol. The quantitative estimate of drug-likeness (QED) is 0.431. The van der Waals surface area contributed by atoms with Crippen LogP contribution in [0, 0.1) is 20.2 Å². The molecule has 0 aromatic heterocycles. The second-order valence-electron chi connectivity index (χ2n) is 5.49. The SMILES string of the molecule is COc1ccc([N+](=O)[O-])cc1C(=O)OC(C)C(=O)Nc1cccc([N+](=O)[O-])c1. The summed E-state index contributed by atoms with van der Waals surface area (Å²) in [6, 6.07) is 8.61. The first-order valence-corrected chi connectivity index (χ1v) is 7.81. The number of non-ortho nitro benzene ring substituents is 2. The number of amides is 1. The number of esters is 1. The van der Waals surface area contributed by atoms with Crippen molar-refractivity contribution in [3.8, 4) is 5.75 Å². The van der Waals surface area contributed by atoms with Crippen molar-refractivity contribution in [1.82, 2.24) is 0 Å². The number of methoxy groups -OCH3 is 1. The summed E-state index contributed by atoms with van der Waals surface area (Å²) in [7, 11) is 1.27. The zero-order chi connectivity index (χ0) is 20.8. The number of nitro benzene ring substituents is 2. The van der Waals surface area contributed by atoms with Crippen LogP contribution in [0.15, 0.2) is 42.5 Å². The van der Waals surface area contributed by atoms with Crippen LogP contribution in [0.2, 0.25) is 0 Å². The Kier molecular flexibility index (Phi) is 6.22. The minimum absolute atomic E-state index is 0.0434. The van der Waals surface area contributed by atoms with Gasteiger partial charge in [0.05, 0.1) is 17.0 Å². The summed E-state index contributed by atoms with van der Waals surface area (Å²) in [6.45, 7) is 1.29. The average molecular weight is 389 g/mol. The molecule has 0 aliphatic carbocycles. The molecule has 1 atom stereocenters. The number of ether oxygens (including phenoxy) is 2. The monoisotopic (exact) mass is 389 g/mol. The Labute approximate surface area is 158 Å². The number of nitrogens with one attached hydrogen (secondary N) is 1. The minimum atomic E-state index is -1.28. The molecule has 0 saturated carbocycles. The van der Waals surface area contributed by atoms with Crippen LogP contribution in [0.5, 0.6) is 5.75 Å². The molecule has 0 aliphatic rings. The van der Waals surface area contributed by atoms with Gasteiger partial charge in [-0.3, -0.25) is 25.0 Å². The van der Waals surface area contributed by atoms with Gasteiger partial charge in [0.2, 0.25) is 0 Å². The molecule has 11 heteroatoms. The Morgan fingerprint density at radius 3 is 2.29 bits per heavy atom. The minimum Gasteiger partial charge on any atom is -0.496 e. The van der Waals surface area contributed by atoms with E-state index in [0.29, 0.717) is 0 Å². The molecular formula is C17H15N3O8. The number of carbonyl (C=O) groups is 2. The van der Waals surface area contributed by atoms with E-state index in [9.17, 15) is 29.8 Å². The topological polar surface area (TPSA) is 151 Å². The lowest BCUT2D eigenvalue weighted by molar-refractivity contribution is -0.385. The number of benzene rings is 2. The molecule has 0 bridgehead atoms. The average Bonchev–Trinajstić information content (AvgIpc) is 2.67. The second kappa shape index (κ2) is 8.58. The normalized spacial score (nSPS) is 11.2. The highest BCUT2D eigenvalue weighted by molar-refractivity contribution is 5.98. The van der Waals surface area contributed by atoms with E-state index in [1.165, 1.54) is 38.3 Å². The zero-order valence-corrected chi connectivity index (χ0v) is 14.8. The fourth-order valence-corrected chi connectivity index (χ4v) is 2.19. The maximum atomic E-state index is 12.3. The molecule has 11 nitrogen and oxygen atoms in total. The Morgan fingerprint density at radius 1 is 1.04 bits per heavy atom. The van der Waals surface area contributed by atoms with Crippen molar-refractivity contribution in [3.63, 3.8) is 0 Å². The maximum Gasteiger partial charge on any atom is 0.342 e. The molecule has 146 valence electrons. The van der Waals surface area contributed by atoms with Gasteiger partial charge >= 0.3 is 5.97 Å². The van der Waals surface area contributed by atoms with Crippen LogP contribution in [0.1, 0.15) is 17.3 Å². The summed E-state index contributed by atoms with van der Waals surface area (Å²) in [4.78, 5) is 44.9. The molecule has 1 amide bonds. The third-order valence-electron chi connectivity index (χ3n) is 3.59. The number of anilines is 1. The van der Waals surface area contributed by atoms with Crippen LogP contribution in [0.25, 0.3) is 0 Å². The standard InChI is InChI=1S/C17H15N3O8/c1-10(16(21)18-11-4-3-5-12(8-11)19(23)24)28-17(22)14-9-13(20(25)26)6-7-15(14)27-2/h3-10H,1-2H3,(H,18,21). The largest absolute Gasteiger partial charge is 0.496 e. The number of hydrogen-bond donors (Lipinski definition) is 1. The molecule has 0 spiro atoms. The first-order chi connectivity index (χ1) is 13.2. The second-order valence-corrected chi connectivity index (χ2v) is 5.49. The molecule has 2 aromatic rings. The molecule has 28 heavy (non-hydrogen) atoms. The fraction of sp³-hybridized carbons (Fsp3) is 0.176. The first-order valence-electron chi connectivity index (χ1n) is 7.81. The molecule has 2 aromatic carbocycles. The van der Waals surface area contributed by atoms with Crippen molar-refractivity contribution >= 4 is 28.9 Å². The molecule has 1 N–H and O–H groups in total. The molecule has 2 rings (SSSR count). The van der Waals surface area contributed by atoms with Gasteiger partial charge < -0.3 is 14.8 Å². The highest BCUT2D eigenvalue weighted by Crippen LogP contribution is 2.25. The van der Waals surface area contributed by atoms with Crippen molar-refractivity contribution in [2.75, 3.05) is 12.4 Å². The van der Waals surface area contributed by atoms with E-state index in [-0.39, 0.29) is 28.4 Å². The van der Waals surface area contributed by atoms with Gasteiger partial charge in [0.25, 0.3) is 17.3 Å². The molecule has 1 unspecified atom stereocenters. The van der Waals surface area contributed by atoms with Gasteiger partial charge in [0, 0.05) is 30.0 Å². The van der Waals surface area contributed by atoms with Gasteiger partial charge in [0.15, 0.2) is 6.10 Å². The molecule has 0 aliphatic heterocycles. The smallest absolute Gasteiger partial charge is 0.342 e. The molecule has 0 saturated heterocycles. The van der Waals surface area contributed by atoms with Crippen molar-refractivity contribution in [3.05, 3.63) is 68.3 Å². The summed E-state index contributed by atoms with van der Waals surface area (Å²) in [5, 5.41) is 24.1. The Bertz CT molecular complexity index is 944. The fourth-order valence-electron chi connectivity index (χ4n) is 2.19. The number of nitro groups is 2. The molecular weight excluding hydrogens is 374 g/mol. The van der Waals surface area contributed by atoms with E-state index >= 15 is 0 Å². The number of rotatable bonds is 7. The highest BCUT2D eigenvalue weighted by atomic mass is 16.6. The summed E-state index contributed by atoms with van der Waals surface area (Å²) >= 11 is 0. The highest BCUT2D eigenvalue weighted by Gasteiger charge is 2.24. The van der Waals surface area contributed by atoms with E-state index in [0.717, 1.165) is 18.2 Å². The van der Waals surface area contributed by atoms with E-state index < -0.39 is 27.8 Å². The Morgan fingerprint density at radius 2 is 1.68 bits per heavy atom. The van der Waals surface area contributed by atoms with Crippen molar-refractivity contribution in [2.24, 2.45) is 0 Å². The zero-order valence-electron chi connectivity index (χ0n) is 14.8. The predicted octanol–water partition coefficient (Wildman–Crippen LogP) is 2.70. The Balaban J connectivity index is 2.12. The van der Waals surface area contributed by atoms with E-state index in [1.807, 2.05) is 0 Å². The Hall–Kier alpha value is -4.02. The van der Waals surface area contributed by atoms with Gasteiger partial charge in [-0.05, 0) is 19.1 Å². The first kappa shape index (κ1) is 20.3. The van der Waals surface area contributed by atoms with E-state index in [1.54, 1.807) is 0 Å². The van der Waals surface area contributed by atoms with Gasteiger partial charge in [-0.1, -0.05) is 6.07 Å². The number of hydrogen-bond acceptors (Lipinski definition) is 8. The summed E-state index contributed by atoms with van der Waals surface area (Å²) in [6.07, 6.45) is -1.28. The molecule has 0 heterocycles. The van der Waals surface area contributed by atoms with Gasteiger partial charge in [0.1, 0.15) is 11.3 Å². The van der Waals surface area contributed by atoms with Crippen LogP contribution in [0.3, 0.4) is 0 Å². The number of carbonyl (C=O) groups excluding carboxylic acids is 2. The molecule has 0 fully saturated rings. The van der Waals surface area contributed by atoms with Gasteiger partial charge in [-0.2, -0.15) is 0 Å². The van der Waals surface area contributed by atoms with Crippen LogP contribution in [-0.2, 0) is 9.53 Å². The van der Waals surface area contributed by atoms with E-state index in [2.05, 4.69) is 5.32 Å². The van der Waals surface area contributed by atoms with Crippen molar-refractivity contribution in [2.45, 2.75) is 13.0 Å². The van der Waals surface area contributed by atoms with Crippen LogP contribution in [-0.4, -0.2) is 34.9 Å². The lowest BCUT2D eigenvalue weighted by Crippen LogP contribution is -2.30. The summed E-state index contributed by atoms with van der Waals surface area (Å²) in [5.41, 5.74) is -0.632. The van der Waals surface area contributed by atoms with Crippen LogP contribution in [0.4, 0.5) is 17.1 Å².